The highest BCUT2D eigenvalue weighted by Gasteiger charge is 2.21. The third-order valence-electron chi connectivity index (χ3n) is 4.19. The number of nitrogens with zero attached hydrogens (tertiary/aromatic N) is 2. The summed E-state index contributed by atoms with van der Waals surface area (Å²) in [5.41, 5.74) is 7.51. The number of primary amides is 1. The normalized spacial score (nSPS) is 17.7. The van der Waals surface area contributed by atoms with Crippen molar-refractivity contribution in [3.63, 3.8) is 0 Å². The molecule has 2 rings (SSSR count). The fourth-order valence-corrected chi connectivity index (χ4v) is 2.93. The van der Waals surface area contributed by atoms with E-state index < -0.39 is 0 Å². The van der Waals surface area contributed by atoms with Crippen molar-refractivity contribution in [1.29, 1.82) is 0 Å². The molecule has 21 heavy (non-hydrogen) atoms. The number of carbonyl (C=O) groups excluding carboxylic acids is 1. The van der Waals surface area contributed by atoms with E-state index in [0.29, 0.717) is 12.3 Å². The van der Waals surface area contributed by atoms with Gasteiger partial charge in [0.25, 0.3) is 0 Å². The van der Waals surface area contributed by atoms with Gasteiger partial charge in [-0.25, -0.2) is 0 Å². The highest BCUT2D eigenvalue weighted by molar-refractivity contribution is 5.74. The molecule has 1 saturated heterocycles. The molecule has 1 aromatic heterocycles. The van der Waals surface area contributed by atoms with Crippen LogP contribution in [0.25, 0.3) is 0 Å². The van der Waals surface area contributed by atoms with Crippen LogP contribution in [-0.4, -0.2) is 30.5 Å². The van der Waals surface area contributed by atoms with Crippen LogP contribution < -0.4 is 16.0 Å². The summed E-state index contributed by atoms with van der Waals surface area (Å²) in [7, 11) is 0. The van der Waals surface area contributed by atoms with Crippen LogP contribution in [0.3, 0.4) is 0 Å². The lowest BCUT2D eigenvalue weighted by Crippen LogP contribution is -2.35. The number of hydrogen-bond acceptors (Lipinski definition) is 4. The lowest BCUT2D eigenvalue weighted by molar-refractivity contribution is -0.119. The van der Waals surface area contributed by atoms with E-state index in [-0.39, 0.29) is 11.9 Å². The van der Waals surface area contributed by atoms with E-state index in [2.05, 4.69) is 41.2 Å². The van der Waals surface area contributed by atoms with Gasteiger partial charge in [0.15, 0.2) is 0 Å². The molecule has 0 radical (unpaired) electrons. The highest BCUT2D eigenvalue weighted by atomic mass is 16.1. The number of pyridine rings is 1. The molecular formula is C16H26N4O. The Morgan fingerprint density at radius 1 is 1.48 bits per heavy atom. The van der Waals surface area contributed by atoms with Gasteiger partial charge in [0.2, 0.25) is 5.91 Å². The average Bonchev–Trinajstić information content (AvgIpc) is 2.48. The summed E-state index contributed by atoms with van der Waals surface area (Å²) in [6, 6.07) is 4.52. The van der Waals surface area contributed by atoms with Crippen molar-refractivity contribution in [2.24, 2.45) is 11.7 Å². The standard InChI is InChI=1S/C16H26N4O/c1-3-18-12(2)15-5-4-14(11-19-15)20-8-6-13(7-9-20)10-16(17)21/h4-5,11-13,18H,3,6-10H2,1-2H3,(H2,17,21). The molecule has 1 atom stereocenters. The first-order valence-corrected chi connectivity index (χ1v) is 7.82. The minimum Gasteiger partial charge on any atom is -0.370 e. The number of amides is 1. The Morgan fingerprint density at radius 2 is 2.19 bits per heavy atom. The van der Waals surface area contributed by atoms with Gasteiger partial charge in [0, 0.05) is 25.6 Å². The minimum absolute atomic E-state index is 0.183. The maximum Gasteiger partial charge on any atom is 0.217 e. The first-order valence-electron chi connectivity index (χ1n) is 7.82. The van der Waals surface area contributed by atoms with E-state index in [1.807, 2.05) is 6.20 Å². The van der Waals surface area contributed by atoms with Gasteiger partial charge in [0.1, 0.15) is 0 Å². The molecule has 1 unspecified atom stereocenters. The average molecular weight is 290 g/mol. The maximum absolute atomic E-state index is 11.0. The lowest BCUT2D eigenvalue weighted by Gasteiger charge is -2.33. The second kappa shape index (κ2) is 7.41. The molecule has 0 aromatic carbocycles. The van der Waals surface area contributed by atoms with Crippen LogP contribution in [0.4, 0.5) is 5.69 Å². The van der Waals surface area contributed by atoms with Crippen molar-refractivity contribution in [1.82, 2.24) is 10.3 Å². The summed E-state index contributed by atoms with van der Waals surface area (Å²) in [5.74, 6) is 0.261. The van der Waals surface area contributed by atoms with E-state index >= 15 is 0 Å². The zero-order chi connectivity index (χ0) is 15.2. The van der Waals surface area contributed by atoms with Crippen LogP contribution in [0.5, 0.6) is 0 Å². The Balaban J connectivity index is 1.90. The summed E-state index contributed by atoms with van der Waals surface area (Å²) in [6.45, 7) is 7.11. The minimum atomic E-state index is -0.183. The summed E-state index contributed by atoms with van der Waals surface area (Å²) in [5, 5.41) is 3.36. The summed E-state index contributed by atoms with van der Waals surface area (Å²) in [4.78, 5) is 17.9. The predicted octanol–water partition coefficient (Wildman–Crippen LogP) is 1.84. The van der Waals surface area contributed by atoms with Gasteiger partial charge in [-0.2, -0.15) is 0 Å². The van der Waals surface area contributed by atoms with Gasteiger partial charge in [-0.3, -0.25) is 9.78 Å². The number of carbonyl (C=O) groups is 1. The molecule has 1 aliphatic heterocycles. The van der Waals surface area contributed by atoms with Crippen LogP contribution in [0.2, 0.25) is 0 Å². The topological polar surface area (TPSA) is 71.2 Å². The first-order chi connectivity index (χ1) is 10.1. The van der Waals surface area contributed by atoms with E-state index in [4.69, 9.17) is 5.73 Å². The molecule has 1 amide bonds. The molecule has 0 bridgehead atoms. The monoisotopic (exact) mass is 290 g/mol. The quantitative estimate of drug-likeness (QED) is 0.838. The number of piperidine rings is 1. The van der Waals surface area contributed by atoms with E-state index in [9.17, 15) is 4.79 Å². The zero-order valence-electron chi connectivity index (χ0n) is 13.0. The first kappa shape index (κ1) is 15.8. The number of nitrogens with one attached hydrogen (secondary N) is 1. The largest absolute Gasteiger partial charge is 0.370 e. The Kier molecular flexibility index (Phi) is 5.56. The molecule has 0 saturated carbocycles. The highest BCUT2D eigenvalue weighted by Crippen LogP contribution is 2.25. The molecule has 1 aromatic rings. The van der Waals surface area contributed by atoms with E-state index in [1.54, 1.807) is 0 Å². The number of aromatic nitrogens is 1. The fourth-order valence-electron chi connectivity index (χ4n) is 2.93. The van der Waals surface area contributed by atoms with E-state index in [1.165, 1.54) is 5.69 Å². The predicted molar refractivity (Wildman–Crippen MR) is 85.1 cm³/mol. The van der Waals surface area contributed by atoms with E-state index in [0.717, 1.165) is 38.2 Å². The molecule has 0 aliphatic carbocycles. The zero-order valence-corrected chi connectivity index (χ0v) is 13.0. The lowest BCUT2D eigenvalue weighted by atomic mass is 9.93. The van der Waals surface area contributed by atoms with Gasteiger partial charge >= 0.3 is 0 Å². The van der Waals surface area contributed by atoms with Gasteiger partial charge < -0.3 is 16.0 Å². The van der Waals surface area contributed by atoms with Gasteiger partial charge in [-0.1, -0.05) is 6.92 Å². The van der Waals surface area contributed by atoms with Gasteiger partial charge in [-0.15, -0.1) is 0 Å². The molecule has 3 N–H and O–H groups in total. The van der Waals surface area contributed by atoms with Crippen molar-refractivity contribution in [3.05, 3.63) is 24.0 Å². The Hall–Kier alpha value is -1.62. The van der Waals surface area contributed by atoms with Crippen molar-refractivity contribution in [2.75, 3.05) is 24.5 Å². The van der Waals surface area contributed by atoms with Crippen LogP contribution in [0.1, 0.15) is 44.8 Å². The van der Waals surface area contributed by atoms with Crippen LogP contribution in [0.15, 0.2) is 18.3 Å². The second-order valence-electron chi connectivity index (χ2n) is 5.82. The molecule has 5 heteroatoms. The number of anilines is 1. The summed E-state index contributed by atoms with van der Waals surface area (Å²) >= 11 is 0. The Labute approximate surface area is 126 Å². The third kappa shape index (κ3) is 4.43. The molecule has 2 heterocycles. The van der Waals surface area contributed by atoms with Crippen molar-refractivity contribution < 1.29 is 4.79 Å². The summed E-state index contributed by atoms with van der Waals surface area (Å²) < 4.78 is 0. The molecular weight excluding hydrogens is 264 g/mol. The number of hydrogen-bond donors (Lipinski definition) is 2. The van der Waals surface area contributed by atoms with Gasteiger partial charge in [-0.05, 0) is 44.4 Å². The van der Waals surface area contributed by atoms with Crippen LogP contribution >= 0.6 is 0 Å². The molecule has 5 nitrogen and oxygen atoms in total. The fraction of sp³-hybridized carbons (Fsp3) is 0.625. The Bertz CT molecular complexity index is 452. The van der Waals surface area contributed by atoms with Crippen molar-refractivity contribution >= 4 is 11.6 Å². The molecule has 116 valence electrons. The van der Waals surface area contributed by atoms with Gasteiger partial charge in [0.05, 0.1) is 17.6 Å². The second-order valence-corrected chi connectivity index (χ2v) is 5.82. The summed E-state index contributed by atoms with van der Waals surface area (Å²) in [6.07, 6.45) is 4.53. The van der Waals surface area contributed by atoms with Crippen LogP contribution in [-0.2, 0) is 4.79 Å². The smallest absolute Gasteiger partial charge is 0.217 e. The molecule has 0 spiro atoms. The third-order valence-corrected chi connectivity index (χ3v) is 4.19. The number of nitrogens with two attached hydrogens (primary N) is 1. The van der Waals surface area contributed by atoms with Crippen LogP contribution in [0, 0.1) is 5.92 Å². The molecule has 1 fully saturated rings. The molecule has 1 aliphatic rings. The number of rotatable bonds is 6. The Morgan fingerprint density at radius 3 is 2.71 bits per heavy atom. The maximum atomic E-state index is 11.0. The SMILES string of the molecule is CCNC(C)c1ccc(N2CCC(CC(N)=O)CC2)cn1. The van der Waals surface area contributed by atoms with Crippen molar-refractivity contribution in [2.45, 2.75) is 39.2 Å². The van der Waals surface area contributed by atoms with Crippen molar-refractivity contribution in [3.8, 4) is 0 Å².